The molecule has 0 saturated carbocycles. The first kappa shape index (κ1) is 17.4. The Bertz CT molecular complexity index is 421. The highest BCUT2D eigenvalue weighted by molar-refractivity contribution is 7.90. The summed E-state index contributed by atoms with van der Waals surface area (Å²) >= 11 is 0. The minimum atomic E-state index is -3.07. The van der Waals surface area contributed by atoms with E-state index in [1.54, 1.807) is 4.90 Å². The van der Waals surface area contributed by atoms with E-state index < -0.39 is 15.9 Å². The lowest BCUT2D eigenvalue weighted by molar-refractivity contribution is -0.131. The van der Waals surface area contributed by atoms with Crippen LogP contribution >= 0.6 is 0 Å². The van der Waals surface area contributed by atoms with Crippen molar-refractivity contribution < 1.29 is 13.2 Å². The van der Waals surface area contributed by atoms with Gasteiger partial charge < -0.3 is 10.6 Å². The van der Waals surface area contributed by atoms with Crippen LogP contribution in [0.4, 0.5) is 0 Å². The largest absolute Gasteiger partial charge is 0.340 e. The molecule has 0 aromatic heterocycles. The van der Waals surface area contributed by atoms with E-state index in [4.69, 9.17) is 5.73 Å². The van der Waals surface area contributed by atoms with Crippen LogP contribution in [0.3, 0.4) is 0 Å². The quantitative estimate of drug-likeness (QED) is 0.697. The summed E-state index contributed by atoms with van der Waals surface area (Å²) in [7, 11) is -3.07. The fourth-order valence-corrected chi connectivity index (χ4v) is 3.36. The summed E-state index contributed by atoms with van der Waals surface area (Å²) in [6.45, 7) is 7.60. The third kappa shape index (κ3) is 5.03. The lowest BCUT2D eigenvalue weighted by atomic mass is 10.2. The molecule has 0 aliphatic carbocycles. The second-order valence-electron chi connectivity index (χ2n) is 5.47. The summed E-state index contributed by atoms with van der Waals surface area (Å²) in [5, 5.41) is 0. The maximum absolute atomic E-state index is 12.2. The third-order valence-corrected chi connectivity index (χ3v) is 4.90. The number of hydrogen-bond acceptors (Lipinski definition) is 5. The highest BCUT2D eigenvalue weighted by Gasteiger charge is 2.31. The van der Waals surface area contributed by atoms with Crippen LogP contribution in [0, 0.1) is 0 Å². The molecule has 7 heteroatoms. The van der Waals surface area contributed by atoms with Gasteiger partial charge in [-0.25, -0.2) is 8.42 Å². The van der Waals surface area contributed by atoms with Crippen molar-refractivity contribution in [2.24, 2.45) is 5.73 Å². The Morgan fingerprint density at radius 1 is 1.40 bits per heavy atom. The van der Waals surface area contributed by atoms with Crippen molar-refractivity contribution in [1.29, 1.82) is 0 Å². The van der Waals surface area contributed by atoms with Crippen LogP contribution in [0.15, 0.2) is 0 Å². The standard InChI is InChI=1S/C13H27N3O3S/c1-4-15(5-2)11-6-8-16(10-11)13(17)12(14)7-9-20(3,18)19/h11-12H,4-10,14H2,1-3H3. The van der Waals surface area contributed by atoms with Crippen molar-refractivity contribution in [3.8, 4) is 0 Å². The van der Waals surface area contributed by atoms with E-state index in [0.29, 0.717) is 19.1 Å². The van der Waals surface area contributed by atoms with E-state index in [1.807, 2.05) is 0 Å². The Morgan fingerprint density at radius 3 is 2.50 bits per heavy atom. The minimum absolute atomic E-state index is 0.0345. The molecule has 2 unspecified atom stereocenters. The van der Waals surface area contributed by atoms with Gasteiger partial charge in [-0.05, 0) is 25.9 Å². The van der Waals surface area contributed by atoms with Gasteiger partial charge in [-0.2, -0.15) is 0 Å². The molecule has 1 rings (SSSR count). The van der Waals surface area contributed by atoms with Crippen LogP contribution in [0.25, 0.3) is 0 Å². The van der Waals surface area contributed by atoms with Gasteiger partial charge in [0.2, 0.25) is 5.91 Å². The Labute approximate surface area is 122 Å². The molecule has 118 valence electrons. The molecule has 0 aromatic rings. The number of likely N-dealkylation sites (tertiary alicyclic amines) is 1. The molecule has 2 N–H and O–H groups in total. The van der Waals surface area contributed by atoms with Gasteiger partial charge in [0.05, 0.1) is 11.8 Å². The van der Waals surface area contributed by atoms with Crippen LogP contribution in [-0.2, 0) is 14.6 Å². The number of amides is 1. The molecule has 0 aromatic carbocycles. The number of hydrogen-bond donors (Lipinski definition) is 1. The Hall–Kier alpha value is -0.660. The van der Waals surface area contributed by atoms with Gasteiger partial charge in [-0.1, -0.05) is 13.8 Å². The molecule has 6 nitrogen and oxygen atoms in total. The summed E-state index contributed by atoms with van der Waals surface area (Å²) in [6, 6.07) is -0.309. The maximum Gasteiger partial charge on any atom is 0.239 e. The number of rotatable bonds is 7. The average molecular weight is 305 g/mol. The molecule has 0 bridgehead atoms. The molecular weight excluding hydrogens is 278 g/mol. The summed E-state index contributed by atoms with van der Waals surface area (Å²) in [5.41, 5.74) is 5.82. The van der Waals surface area contributed by atoms with E-state index in [9.17, 15) is 13.2 Å². The fraction of sp³-hybridized carbons (Fsp3) is 0.923. The summed E-state index contributed by atoms with van der Waals surface area (Å²) in [5.74, 6) is -0.156. The highest BCUT2D eigenvalue weighted by atomic mass is 32.2. The van der Waals surface area contributed by atoms with Crippen LogP contribution in [-0.4, -0.2) is 74.4 Å². The molecule has 0 radical (unpaired) electrons. The predicted molar refractivity (Wildman–Crippen MR) is 80.2 cm³/mol. The van der Waals surface area contributed by atoms with Crippen molar-refractivity contribution in [2.45, 2.75) is 38.8 Å². The molecule has 1 heterocycles. The van der Waals surface area contributed by atoms with Gasteiger partial charge >= 0.3 is 0 Å². The lowest BCUT2D eigenvalue weighted by Gasteiger charge is -2.26. The first-order valence-electron chi connectivity index (χ1n) is 7.24. The predicted octanol–water partition coefficient (Wildman–Crippen LogP) is -0.309. The lowest BCUT2D eigenvalue weighted by Crippen LogP contribution is -2.45. The monoisotopic (exact) mass is 305 g/mol. The van der Waals surface area contributed by atoms with Gasteiger partial charge in [0.1, 0.15) is 9.84 Å². The Morgan fingerprint density at radius 2 is 2.00 bits per heavy atom. The molecule has 20 heavy (non-hydrogen) atoms. The number of carbonyl (C=O) groups is 1. The van der Waals surface area contributed by atoms with Crippen molar-refractivity contribution >= 4 is 15.7 Å². The van der Waals surface area contributed by atoms with Gasteiger partial charge in [-0.15, -0.1) is 0 Å². The van der Waals surface area contributed by atoms with Gasteiger partial charge in [0.25, 0.3) is 0 Å². The van der Waals surface area contributed by atoms with Crippen LogP contribution in [0.1, 0.15) is 26.7 Å². The normalized spacial score (nSPS) is 21.4. The second kappa shape index (κ2) is 7.38. The van der Waals surface area contributed by atoms with Crippen LogP contribution in [0.5, 0.6) is 0 Å². The number of nitrogens with two attached hydrogens (primary N) is 1. The summed E-state index contributed by atoms with van der Waals surface area (Å²) < 4.78 is 22.2. The summed E-state index contributed by atoms with van der Waals surface area (Å²) in [6.07, 6.45) is 2.33. The molecule has 1 amide bonds. The zero-order valence-corrected chi connectivity index (χ0v) is 13.5. The van der Waals surface area contributed by atoms with E-state index in [2.05, 4.69) is 18.7 Å². The van der Waals surface area contributed by atoms with Crippen molar-refractivity contribution in [1.82, 2.24) is 9.80 Å². The highest BCUT2D eigenvalue weighted by Crippen LogP contribution is 2.16. The van der Waals surface area contributed by atoms with Crippen LogP contribution in [0.2, 0.25) is 0 Å². The summed E-state index contributed by atoms with van der Waals surface area (Å²) in [4.78, 5) is 16.3. The Kier molecular flexibility index (Phi) is 6.42. The first-order chi connectivity index (χ1) is 9.28. The smallest absolute Gasteiger partial charge is 0.239 e. The fourth-order valence-electron chi connectivity index (χ4n) is 2.68. The molecule has 1 aliphatic heterocycles. The molecule has 1 saturated heterocycles. The van der Waals surface area contributed by atoms with Gasteiger partial charge in [-0.3, -0.25) is 9.69 Å². The SMILES string of the molecule is CCN(CC)C1CCN(C(=O)C(N)CCS(C)(=O)=O)C1. The second-order valence-corrected chi connectivity index (χ2v) is 7.73. The maximum atomic E-state index is 12.2. The third-order valence-electron chi connectivity index (χ3n) is 3.92. The minimum Gasteiger partial charge on any atom is -0.340 e. The van der Waals surface area contributed by atoms with E-state index >= 15 is 0 Å². The van der Waals surface area contributed by atoms with E-state index in [0.717, 1.165) is 25.8 Å². The number of nitrogens with zero attached hydrogens (tertiary/aromatic N) is 2. The van der Waals surface area contributed by atoms with Crippen molar-refractivity contribution in [3.05, 3.63) is 0 Å². The topological polar surface area (TPSA) is 83.7 Å². The zero-order chi connectivity index (χ0) is 15.3. The van der Waals surface area contributed by atoms with Crippen molar-refractivity contribution in [3.63, 3.8) is 0 Å². The molecule has 0 spiro atoms. The number of sulfone groups is 1. The first-order valence-corrected chi connectivity index (χ1v) is 9.30. The van der Waals surface area contributed by atoms with Crippen molar-refractivity contribution in [2.75, 3.05) is 38.2 Å². The van der Waals surface area contributed by atoms with Gasteiger partial charge in [0, 0.05) is 25.4 Å². The van der Waals surface area contributed by atoms with E-state index in [1.165, 1.54) is 0 Å². The Balaban J connectivity index is 2.49. The number of carbonyl (C=O) groups excluding carboxylic acids is 1. The molecule has 1 aliphatic rings. The zero-order valence-electron chi connectivity index (χ0n) is 12.7. The van der Waals surface area contributed by atoms with Crippen LogP contribution < -0.4 is 5.73 Å². The average Bonchev–Trinajstić information content (AvgIpc) is 2.85. The molecule has 1 fully saturated rings. The molecule has 2 atom stereocenters. The molecular formula is C13H27N3O3S. The van der Waals surface area contributed by atoms with E-state index in [-0.39, 0.29) is 18.1 Å². The van der Waals surface area contributed by atoms with Gasteiger partial charge in [0.15, 0.2) is 0 Å². The number of likely N-dealkylation sites (N-methyl/N-ethyl adjacent to an activating group) is 1.